The lowest BCUT2D eigenvalue weighted by molar-refractivity contribution is -0.119. The van der Waals surface area contributed by atoms with E-state index in [1.807, 2.05) is 48.5 Å². The van der Waals surface area contributed by atoms with Crippen molar-refractivity contribution in [1.82, 2.24) is 25.1 Å². The van der Waals surface area contributed by atoms with Crippen molar-refractivity contribution < 1.29 is 29.3 Å². The Morgan fingerprint density at radius 3 is 2.31 bits per heavy atom. The largest absolute Gasteiger partial charge is 0.481 e. The number of pyridine rings is 2. The quantitative estimate of drug-likeness (QED) is 0.190. The summed E-state index contributed by atoms with van der Waals surface area (Å²) in [5.74, 6) is 0.745. The first-order valence-electron chi connectivity index (χ1n) is 15.6. The Labute approximate surface area is 288 Å². The van der Waals surface area contributed by atoms with Crippen LogP contribution < -0.4 is 14.8 Å². The number of nitrogens with zero attached hydrogens (tertiary/aromatic N) is 4. The van der Waals surface area contributed by atoms with Crippen LogP contribution in [0.1, 0.15) is 24.0 Å². The van der Waals surface area contributed by atoms with Crippen LogP contribution in [0.2, 0.25) is 10.0 Å². The molecule has 0 spiro atoms. The van der Waals surface area contributed by atoms with E-state index in [0.717, 1.165) is 11.1 Å². The fraction of sp³-hybridized carbons (Fsp3) is 0.314. The van der Waals surface area contributed by atoms with Gasteiger partial charge in [0.2, 0.25) is 17.7 Å². The molecule has 11 nitrogen and oxygen atoms in total. The predicted octanol–water partition coefficient (Wildman–Crippen LogP) is 5.74. The maximum atomic E-state index is 12.0. The van der Waals surface area contributed by atoms with Gasteiger partial charge in [-0.05, 0) is 24.6 Å². The van der Waals surface area contributed by atoms with Crippen LogP contribution in [0.4, 0.5) is 4.79 Å². The molecule has 4 aromatic rings. The zero-order valence-corrected chi connectivity index (χ0v) is 27.8. The monoisotopic (exact) mass is 691 g/mol. The Bertz CT molecular complexity index is 1840. The van der Waals surface area contributed by atoms with E-state index in [9.17, 15) is 19.8 Å². The summed E-state index contributed by atoms with van der Waals surface area (Å²) in [6.45, 7) is 2.65. The van der Waals surface area contributed by atoms with Gasteiger partial charge in [-0.1, -0.05) is 65.7 Å². The van der Waals surface area contributed by atoms with E-state index in [4.69, 9.17) is 42.6 Å². The number of rotatable bonds is 10. The average molecular weight is 693 g/mol. The number of fused-ring (bicyclic) bond motifs is 1. The number of aliphatic hydroxyl groups excluding tert-OH is 1. The van der Waals surface area contributed by atoms with E-state index in [-0.39, 0.29) is 37.5 Å². The fourth-order valence-corrected chi connectivity index (χ4v) is 6.73. The van der Waals surface area contributed by atoms with Gasteiger partial charge in [-0.3, -0.25) is 9.69 Å². The van der Waals surface area contributed by atoms with Gasteiger partial charge >= 0.3 is 6.09 Å². The van der Waals surface area contributed by atoms with Crippen molar-refractivity contribution in [2.45, 2.75) is 32.0 Å². The summed E-state index contributed by atoms with van der Waals surface area (Å²) in [5, 5.41) is 22.9. The summed E-state index contributed by atoms with van der Waals surface area (Å²) in [6, 6.07) is 18.5. The van der Waals surface area contributed by atoms with Crippen molar-refractivity contribution in [2.24, 2.45) is 0 Å². The van der Waals surface area contributed by atoms with Gasteiger partial charge < -0.3 is 29.9 Å². The normalized spacial score (nSPS) is 16.1. The first-order chi connectivity index (χ1) is 23.2. The SMILES string of the molecule is COc1nc(-c2cccc(-c3cccc(-c4ccc5c(n4)OCCN(CCO)C5)c3Cl)c2Cl)ccc1CN(CC1CCC(=O)N1)C(=O)O. The highest BCUT2D eigenvalue weighted by molar-refractivity contribution is 6.39. The molecule has 1 fully saturated rings. The van der Waals surface area contributed by atoms with Crippen LogP contribution in [-0.2, 0) is 17.9 Å². The topological polar surface area (TPSA) is 137 Å². The molecule has 6 rings (SSSR count). The third kappa shape index (κ3) is 7.19. The van der Waals surface area contributed by atoms with Crippen LogP contribution in [0.25, 0.3) is 33.6 Å². The number of β-amino-alcohol motifs (C(OH)–C–C–N with tert-alkyl or cyclic N) is 1. The summed E-state index contributed by atoms with van der Waals surface area (Å²) in [5.41, 5.74) is 5.51. The average Bonchev–Trinajstić information content (AvgIpc) is 3.38. The van der Waals surface area contributed by atoms with Crippen LogP contribution in [0.15, 0.2) is 60.7 Å². The smallest absolute Gasteiger partial charge is 0.407 e. The molecule has 3 N–H and O–H groups in total. The molecule has 1 unspecified atom stereocenters. The second-order valence-electron chi connectivity index (χ2n) is 11.7. The minimum atomic E-state index is -1.10. The van der Waals surface area contributed by atoms with Crippen LogP contribution in [0.5, 0.6) is 11.8 Å². The van der Waals surface area contributed by atoms with Crippen molar-refractivity contribution in [2.75, 3.05) is 40.0 Å². The molecule has 4 heterocycles. The van der Waals surface area contributed by atoms with Gasteiger partial charge in [-0.2, -0.15) is 0 Å². The Hall–Kier alpha value is -4.42. The van der Waals surface area contributed by atoms with Crippen molar-refractivity contribution in [3.63, 3.8) is 0 Å². The number of hydrogen-bond donors (Lipinski definition) is 3. The molecule has 0 bridgehead atoms. The number of methoxy groups -OCH3 is 1. The summed E-state index contributed by atoms with van der Waals surface area (Å²) in [4.78, 5) is 36.5. The van der Waals surface area contributed by atoms with Gasteiger partial charge in [-0.25, -0.2) is 14.8 Å². The molecule has 48 heavy (non-hydrogen) atoms. The summed E-state index contributed by atoms with van der Waals surface area (Å²) in [6.07, 6.45) is -0.129. The van der Waals surface area contributed by atoms with Crippen molar-refractivity contribution >= 4 is 35.2 Å². The van der Waals surface area contributed by atoms with E-state index >= 15 is 0 Å². The number of carbonyl (C=O) groups is 2. The van der Waals surface area contributed by atoms with Crippen LogP contribution in [0, 0.1) is 0 Å². The third-order valence-corrected chi connectivity index (χ3v) is 9.34. The van der Waals surface area contributed by atoms with E-state index in [1.54, 1.807) is 12.1 Å². The number of halogens is 2. The van der Waals surface area contributed by atoms with Gasteiger partial charge in [0.25, 0.3) is 0 Å². The maximum Gasteiger partial charge on any atom is 0.407 e. The van der Waals surface area contributed by atoms with E-state index in [1.165, 1.54) is 12.0 Å². The Kier molecular flexibility index (Phi) is 10.3. The van der Waals surface area contributed by atoms with E-state index in [0.29, 0.717) is 88.6 Å². The number of aliphatic hydroxyl groups is 1. The standard InChI is InChI=1S/C35H35Cl2N5O6/c1-47-33-22(19-42(35(45)46)20-23-10-13-30(44)38-23)9-12-28(39-33)26-6-2-4-24(31(26)36)25-5-3-7-27(32(25)37)29-11-8-21-18-41(14-16-43)15-17-48-34(21)40-29/h2-9,11-12,23,43H,10,13-20H2,1H3,(H,38,44)(H,45,46). The van der Waals surface area contributed by atoms with Crippen molar-refractivity contribution in [3.05, 3.63) is 81.8 Å². The molecule has 2 aliphatic heterocycles. The Morgan fingerprint density at radius 2 is 1.69 bits per heavy atom. The Balaban J connectivity index is 1.28. The number of benzene rings is 2. The minimum Gasteiger partial charge on any atom is -0.481 e. The zero-order chi connectivity index (χ0) is 33.8. The predicted molar refractivity (Wildman–Crippen MR) is 182 cm³/mol. The van der Waals surface area contributed by atoms with E-state index in [2.05, 4.69) is 10.2 Å². The lowest BCUT2D eigenvalue weighted by Crippen LogP contribution is -2.41. The van der Waals surface area contributed by atoms with Gasteiger partial charge in [0.1, 0.15) is 6.61 Å². The van der Waals surface area contributed by atoms with Gasteiger partial charge in [0.15, 0.2) is 0 Å². The number of carbonyl (C=O) groups excluding carboxylic acids is 1. The van der Waals surface area contributed by atoms with Gasteiger partial charge in [-0.15, -0.1) is 0 Å². The van der Waals surface area contributed by atoms with Crippen LogP contribution >= 0.6 is 23.2 Å². The number of aromatic nitrogens is 2. The van der Waals surface area contributed by atoms with E-state index < -0.39 is 6.09 Å². The second-order valence-corrected chi connectivity index (χ2v) is 12.4. The summed E-state index contributed by atoms with van der Waals surface area (Å²) >= 11 is 14.1. The fourth-order valence-electron chi connectivity index (χ4n) is 6.08. The summed E-state index contributed by atoms with van der Waals surface area (Å²) < 4.78 is 11.5. The maximum absolute atomic E-state index is 12.0. The van der Waals surface area contributed by atoms with Crippen molar-refractivity contribution in [1.29, 1.82) is 0 Å². The number of amides is 2. The summed E-state index contributed by atoms with van der Waals surface area (Å²) in [7, 11) is 1.48. The molecule has 0 radical (unpaired) electrons. The molecule has 1 saturated heterocycles. The van der Waals surface area contributed by atoms with Gasteiger partial charge in [0, 0.05) is 72.0 Å². The zero-order valence-electron chi connectivity index (χ0n) is 26.3. The second kappa shape index (κ2) is 14.8. The lowest BCUT2D eigenvalue weighted by Gasteiger charge is -2.23. The first kappa shape index (κ1) is 33.5. The molecule has 2 aliphatic rings. The molecule has 2 aromatic carbocycles. The molecule has 250 valence electrons. The van der Waals surface area contributed by atoms with Crippen LogP contribution in [0.3, 0.4) is 0 Å². The highest BCUT2D eigenvalue weighted by Gasteiger charge is 2.26. The highest BCUT2D eigenvalue weighted by Crippen LogP contribution is 2.42. The molecular formula is C35H35Cl2N5O6. The first-order valence-corrected chi connectivity index (χ1v) is 16.4. The molecule has 0 saturated carbocycles. The molecule has 0 aliphatic carbocycles. The highest BCUT2D eigenvalue weighted by atomic mass is 35.5. The number of ether oxygens (including phenoxy) is 2. The minimum absolute atomic E-state index is 0.0387. The van der Waals surface area contributed by atoms with Crippen LogP contribution in [-0.4, -0.2) is 88.0 Å². The molecule has 2 amide bonds. The Morgan fingerprint density at radius 1 is 1.02 bits per heavy atom. The number of nitrogens with one attached hydrogen (secondary N) is 1. The molecule has 13 heteroatoms. The third-order valence-electron chi connectivity index (χ3n) is 8.52. The molecule has 2 aromatic heterocycles. The number of hydrogen-bond acceptors (Lipinski definition) is 8. The molecular weight excluding hydrogens is 657 g/mol. The van der Waals surface area contributed by atoms with Gasteiger partial charge in [0.05, 0.1) is 41.7 Å². The van der Waals surface area contributed by atoms with Crippen molar-refractivity contribution in [3.8, 4) is 45.4 Å². The lowest BCUT2D eigenvalue weighted by atomic mass is 9.98. The number of carboxylic acid groups (broad SMARTS) is 1. The molecule has 1 atom stereocenters.